The Morgan fingerprint density at radius 2 is 1.81 bits per heavy atom. The van der Waals surface area contributed by atoms with E-state index in [1.807, 2.05) is 31.2 Å². The van der Waals surface area contributed by atoms with Crippen molar-refractivity contribution in [3.8, 4) is 0 Å². The zero-order valence-electron chi connectivity index (χ0n) is 18.4. The van der Waals surface area contributed by atoms with E-state index in [-0.39, 0.29) is 12.5 Å². The van der Waals surface area contributed by atoms with Gasteiger partial charge in [-0.1, -0.05) is 44.0 Å². The van der Waals surface area contributed by atoms with Crippen molar-refractivity contribution in [3.63, 3.8) is 0 Å². The van der Waals surface area contributed by atoms with Crippen molar-refractivity contribution in [2.24, 2.45) is 0 Å². The number of likely N-dealkylation sites (N-methyl/N-ethyl adjacent to an activating group) is 1. The minimum Gasteiger partial charge on any atom is -0.355 e. The molecule has 0 aromatic heterocycles. The van der Waals surface area contributed by atoms with Crippen molar-refractivity contribution < 1.29 is 18.0 Å². The van der Waals surface area contributed by atoms with Gasteiger partial charge in [0, 0.05) is 22.0 Å². The summed E-state index contributed by atoms with van der Waals surface area (Å²) in [4.78, 5) is 27.3. The molecule has 2 amide bonds. The highest BCUT2D eigenvalue weighted by Crippen LogP contribution is 2.25. The van der Waals surface area contributed by atoms with Gasteiger partial charge in [0.25, 0.3) is 0 Å². The first-order valence-corrected chi connectivity index (χ1v) is 13.4. The van der Waals surface area contributed by atoms with E-state index in [9.17, 15) is 18.0 Å². The van der Waals surface area contributed by atoms with E-state index in [0.717, 1.165) is 30.6 Å². The van der Waals surface area contributed by atoms with Gasteiger partial charge in [-0.05, 0) is 62.2 Å². The van der Waals surface area contributed by atoms with E-state index < -0.39 is 28.5 Å². The Bertz CT molecular complexity index is 1090. The smallest absolute Gasteiger partial charge is 0.244 e. The first-order valence-electron chi connectivity index (χ1n) is 9.99. The van der Waals surface area contributed by atoms with E-state index >= 15 is 0 Å². The van der Waals surface area contributed by atoms with Crippen molar-refractivity contribution in [1.82, 2.24) is 10.2 Å². The third-order valence-electron chi connectivity index (χ3n) is 4.87. The van der Waals surface area contributed by atoms with Crippen molar-refractivity contribution in [2.45, 2.75) is 33.4 Å². The molecule has 2 rings (SSSR count). The fourth-order valence-electron chi connectivity index (χ4n) is 3.13. The molecule has 32 heavy (non-hydrogen) atoms. The van der Waals surface area contributed by atoms with Crippen LogP contribution in [0.4, 0.5) is 5.69 Å². The number of hydrogen-bond donors (Lipinski definition) is 1. The number of nitrogens with zero attached hydrogens (tertiary/aromatic N) is 2. The molecule has 2 aromatic rings. The number of sulfonamides is 1. The number of carbonyl (C=O) groups excluding carboxylic acids is 2. The van der Waals surface area contributed by atoms with Crippen molar-refractivity contribution in [1.29, 1.82) is 0 Å². The molecule has 0 heterocycles. The van der Waals surface area contributed by atoms with Crippen molar-refractivity contribution >= 4 is 59.4 Å². The molecule has 2 aromatic carbocycles. The Balaban J connectivity index is 2.40. The first kappa shape index (κ1) is 26.3. The summed E-state index contributed by atoms with van der Waals surface area (Å²) in [5.74, 6) is -0.782. The molecule has 0 spiro atoms. The average Bonchev–Trinajstić information content (AvgIpc) is 2.71. The Hall–Kier alpha value is -1.91. The summed E-state index contributed by atoms with van der Waals surface area (Å²) in [7, 11) is -3.75. The lowest BCUT2D eigenvalue weighted by atomic mass is 10.1. The van der Waals surface area contributed by atoms with Crippen LogP contribution in [0, 0.1) is 6.92 Å². The zero-order valence-corrected chi connectivity index (χ0v) is 22.4. The van der Waals surface area contributed by atoms with Gasteiger partial charge in [-0.3, -0.25) is 13.9 Å². The Kier molecular flexibility index (Phi) is 9.29. The number of carbonyl (C=O) groups is 2. The number of halogens is 2. The molecule has 10 heteroatoms. The molecule has 0 aliphatic rings. The minimum atomic E-state index is -3.75. The lowest BCUT2D eigenvalue weighted by Crippen LogP contribution is -2.51. The van der Waals surface area contributed by atoms with Gasteiger partial charge in [0.1, 0.15) is 12.6 Å². The lowest BCUT2D eigenvalue weighted by Gasteiger charge is -2.31. The second kappa shape index (κ2) is 11.3. The molecule has 1 unspecified atom stereocenters. The molecule has 0 aliphatic heterocycles. The number of nitrogens with one attached hydrogen (secondary N) is 1. The first-order chi connectivity index (χ1) is 14.9. The zero-order chi connectivity index (χ0) is 24.1. The molecule has 174 valence electrons. The Morgan fingerprint density at radius 3 is 2.38 bits per heavy atom. The number of amides is 2. The summed E-state index contributed by atoms with van der Waals surface area (Å²) in [6.07, 6.45) is 1.06. The summed E-state index contributed by atoms with van der Waals surface area (Å²) in [5, 5.41) is 2.73. The molecule has 0 fully saturated rings. The van der Waals surface area contributed by atoms with Gasteiger partial charge in [-0.2, -0.15) is 0 Å². The fraction of sp³-hybridized carbons (Fsp3) is 0.364. The third-order valence-corrected chi connectivity index (χ3v) is 7.39. The van der Waals surface area contributed by atoms with Gasteiger partial charge < -0.3 is 10.2 Å². The van der Waals surface area contributed by atoms with Crippen LogP contribution >= 0.6 is 31.9 Å². The molecule has 0 bridgehead atoms. The third kappa shape index (κ3) is 7.05. The van der Waals surface area contributed by atoms with Crippen molar-refractivity contribution in [3.05, 3.63) is 62.5 Å². The lowest BCUT2D eigenvalue weighted by molar-refractivity contribution is -0.139. The summed E-state index contributed by atoms with van der Waals surface area (Å²) >= 11 is 6.82. The van der Waals surface area contributed by atoms with Crippen molar-refractivity contribution in [2.75, 3.05) is 23.7 Å². The van der Waals surface area contributed by atoms with Crippen LogP contribution in [0.15, 0.2) is 51.4 Å². The van der Waals surface area contributed by atoms with Gasteiger partial charge in [-0.25, -0.2) is 8.42 Å². The highest BCUT2D eigenvalue weighted by Gasteiger charge is 2.30. The molecule has 0 radical (unpaired) electrons. The van der Waals surface area contributed by atoms with Crippen LogP contribution in [0.2, 0.25) is 0 Å². The second-order valence-electron chi connectivity index (χ2n) is 7.43. The van der Waals surface area contributed by atoms with E-state index in [4.69, 9.17) is 0 Å². The van der Waals surface area contributed by atoms with E-state index in [2.05, 4.69) is 37.2 Å². The van der Waals surface area contributed by atoms with Crippen LogP contribution in [-0.2, 0) is 26.2 Å². The van der Waals surface area contributed by atoms with Crippen LogP contribution < -0.4 is 9.62 Å². The topological polar surface area (TPSA) is 86.8 Å². The van der Waals surface area contributed by atoms with E-state index in [1.165, 1.54) is 4.90 Å². The maximum atomic E-state index is 13.4. The highest BCUT2D eigenvalue weighted by atomic mass is 79.9. The predicted octanol–water partition coefficient (Wildman–Crippen LogP) is 3.84. The van der Waals surface area contributed by atoms with Crippen LogP contribution in [0.5, 0.6) is 0 Å². The highest BCUT2D eigenvalue weighted by molar-refractivity contribution is 9.10. The standard InChI is InChI=1S/C22H27Br2N3O4S/c1-5-25-22(29)16(3)26(13-17-7-6-8-18(23)12-17)21(28)14-27(32(4,30)31)19-9-10-20(24)15(2)11-19/h6-12,16H,5,13-14H2,1-4H3,(H,25,29). The summed E-state index contributed by atoms with van der Waals surface area (Å²) in [6.45, 7) is 5.44. The number of rotatable bonds is 9. The Morgan fingerprint density at radius 1 is 1.12 bits per heavy atom. The minimum absolute atomic E-state index is 0.160. The van der Waals surface area contributed by atoms with Gasteiger partial charge in [-0.15, -0.1) is 0 Å². The number of benzene rings is 2. The predicted molar refractivity (Wildman–Crippen MR) is 134 cm³/mol. The maximum Gasteiger partial charge on any atom is 0.244 e. The molecular formula is C22H27Br2N3O4S. The van der Waals surface area contributed by atoms with Gasteiger partial charge >= 0.3 is 0 Å². The number of hydrogen-bond acceptors (Lipinski definition) is 4. The largest absolute Gasteiger partial charge is 0.355 e. The van der Waals surface area contributed by atoms with E-state index in [0.29, 0.717) is 12.2 Å². The molecule has 0 saturated carbocycles. The molecule has 0 saturated heterocycles. The monoisotopic (exact) mass is 587 g/mol. The Labute approximate surface area is 206 Å². The van der Waals surface area contributed by atoms with Crippen LogP contribution in [0.25, 0.3) is 0 Å². The van der Waals surface area contributed by atoms with Gasteiger partial charge in [0.15, 0.2) is 0 Å². The number of aryl methyl sites for hydroxylation is 1. The summed E-state index contributed by atoms with van der Waals surface area (Å²) in [6, 6.07) is 11.7. The summed E-state index contributed by atoms with van der Waals surface area (Å²) in [5.41, 5.74) is 2.04. The quantitative estimate of drug-likeness (QED) is 0.482. The molecule has 1 N–H and O–H groups in total. The molecule has 1 atom stereocenters. The van der Waals surface area contributed by atoms with Crippen LogP contribution in [0.1, 0.15) is 25.0 Å². The number of anilines is 1. The fourth-order valence-corrected chi connectivity index (χ4v) is 4.67. The van der Waals surface area contributed by atoms with Gasteiger partial charge in [0.2, 0.25) is 21.8 Å². The van der Waals surface area contributed by atoms with E-state index in [1.54, 1.807) is 32.0 Å². The molecule has 0 aliphatic carbocycles. The SMILES string of the molecule is CCNC(=O)C(C)N(Cc1cccc(Br)c1)C(=O)CN(c1ccc(Br)c(C)c1)S(C)(=O)=O. The van der Waals surface area contributed by atoms with Gasteiger partial charge in [0.05, 0.1) is 11.9 Å². The molecular weight excluding hydrogens is 562 g/mol. The molecule has 7 nitrogen and oxygen atoms in total. The van der Waals surface area contributed by atoms with Crippen LogP contribution in [-0.4, -0.2) is 50.5 Å². The maximum absolute atomic E-state index is 13.4. The van der Waals surface area contributed by atoms with Crippen LogP contribution in [0.3, 0.4) is 0 Å². The average molecular weight is 589 g/mol. The normalized spacial score (nSPS) is 12.2. The second-order valence-corrected chi connectivity index (χ2v) is 11.1. The summed E-state index contributed by atoms with van der Waals surface area (Å²) < 4.78 is 27.8.